The molecule has 0 saturated heterocycles. The molecular formula is C13H13BrN4O. The predicted molar refractivity (Wildman–Crippen MR) is 76.9 cm³/mol. The number of pyridine rings is 1. The van der Waals surface area contributed by atoms with Crippen molar-refractivity contribution in [3.63, 3.8) is 0 Å². The van der Waals surface area contributed by atoms with Crippen LogP contribution in [0.5, 0.6) is 0 Å². The van der Waals surface area contributed by atoms with Crippen molar-refractivity contribution in [1.29, 1.82) is 5.41 Å². The number of nitrogens with zero attached hydrogens (tertiary/aromatic N) is 3. The van der Waals surface area contributed by atoms with E-state index in [1.807, 2.05) is 22.7 Å². The number of hydrogen-bond donors (Lipinski definition) is 1. The first-order valence-electron chi connectivity index (χ1n) is 6.03. The molecule has 2 heterocycles. The van der Waals surface area contributed by atoms with Gasteiger partial charge in [0.25, 0.3) is 0 Å². The summed E-state index contributed by atoms with van der Waals surface area (Å²) in [7, 11) is 1.61. The third-order valence-corrected chi connectivity index (χ3v) is 3.54. The number of methoxy groups -OCH3 is 1. The highest BCUT2D eigenvalue weighted by Gasteiger charge is 2.29. The second kappa shape index (κ2) is 4.77. The number of aromatic nitrogens is 2. The van der Waals surface area contributed by atoms with E-state index in [0.717, 1.165) is 23.0 Å². The Kier molecular flexibility index (Phi) is 3.10. The minimum atomic E-state index is 0.175. The third kappa shape index (κ3) is 2.40. The highest BCUT2D eigenvalue weighted by atomic mass is 79.9. The fraction of sp³-hybridized carbons (Fsp3) is 0.308. The topological polar surface area (TPSA) is 62.7 Å². The molecular weight excluding hydrogens is 308 g/mol. The molecule has 1 aliphatic carbocycles. The largest absolute Gasteiger partial charge is 0.484 e. The number of ether oxygens (including phenoxy) is 1. The first-order chi connectivity index (χ1) is 9.19. The SMILES string of the molecule is COC(=NC(=N)c1cnc2ccc(Br)cn12)C1CC1. The normalized spacial score (nSPS) is 15.8. The van der Waals surface area contributed by atoms with Crippen LogP contribution in [0.15, 0.2) is 34.0 Å². The average molecular weight is 321 g/mol. The van der Waals surface area contributed by atoms with E-state index >= 15 is 0 Å². The minimum absolute atomic E-state index is 0.175. The maximum Gasteiger partial charge on any atom is 0.192 e. The van der Waals surface area contributed by atoms with Crippen molar-refractivity contribution in [2.45, 2.75) is 12.8 Å². The van der Waals surface area contributed by atoms with Gasteiger partial charge < -0.3 is 4.74 Å². The molecule has 19 heavy (non-hydrogen) atoms. The summed E-state index contributed by atoms with van der Waals surface area (Å²) >= 11 is 3.42. The zero-order valence-corrected chi connectivity index (χ0v) is 12.0. The van der Waals surface area contributed by atoms with Gasteiger partial charge in [0.05, 0.1) is 13.3 Å². The van der Waals surface area contributed by atoms with Gasteiger partial charge in [0.1, 0.15) is 11.3 Å². The summed E-state index contributed by atoms with van der Waals surface area (Å²) in [5.41, 5.74) is 1.45. The Morgan fingerprint density at radius 2 is 2.32 bits per heavy atom. The van der Waals surface area contributed by atoms with Gasteiger partial charge in [-0.25, -0.2) is 4.98 Å². The molecule has 2 aromatic rings. The van der Waals surface area contributed by atoms with Crippen LogP contribution in [-0.2, 0) is 4.74 Å². The van der Waals surface area contributed by atoms with E-state index in [1.54, 1.807) is 13.3 Å². The van der Waals surface area contributed by atoms with Gasteiger partial charge in [-0.3, -0.25) is 9.81 Å². The molecule has 0 amide bonds. The van der Waals surface area contributed by atoms with Crippen molar-refractivity contribution in [3.8, 4) is 0 Å². The Hall–Kier alpha value is -1.69. The Balaban J connectivity index is 1.99. The maximum atomic E-state index is 8.11. The summed E-state index contributed by atoms with van der Waals surface area (Å²) in [5.74, 6) is 1.21. The molecule has 5 nitrogen and oxygen atoms in total. The number of hydrogen-bond acceptors (Lipinski definition) is 3. The summed E-state index contributed by atoms with van der Waals surface area (Å²) in [5, 5.41) is 8.11. The van der Waals surface area contributed by atoms with Gasteiger partial charge >= 0.3 is 0 Å². The number of rotatable bonds is 2. The van der Waals surface area contributed by atoms with Crippen molar-refractivity contribution < 1.29 is 4.74 Å². The van der Waals surface area contributed by atoms with Gasteiger partial charge in [0.2, 0.25) is 0 Å². The van der Waals surface area contributed by atoms with Crippen LogP contribution in [0.2, 0.25) is 0 Å². The second-order valence-electron chi connectivity index (χ2n) is 4.50. The van der Waals surface area contributed by atoms with Crippen molar-refractivity contribution in [3.05, 3.63) is 34.7 Å². The van der Waals surface area contributed by atoms with E-state index in [1.165, 1.54) is 0 Å². The third-order valence-electron chi connectivity index (χ3n) is 3.07. The minimum Gasteiger partial charge on any atom is -0.484 e. The molecule has 0 aromatic carbocycles. The van der Waals surface area contributed by atoms with E-state index < -0.39 is 0 Å². The second-order valence-corrected chi connectivity index (χ2v) is 5.41. The molecule has 2 aromatic heterocycles. The Bertz CT molecular complexity index is 672. The van der Waals surface area contributed by atoms with Crippen LogP contribution >= 0.6 is 15.9 Å². The summed E-state index contributed by atoms with van der Waals surface area (Å²) in [6.45, 7) is 0. The lowest BCUT2D eigenvalue weighted by Gasteiger charge is -2.04. The van der Waals surface area contributed by atoms with Gasteiger partial charge in [-0.1, -0.05) is 0 Å². The molecule has 1 saturated carbocycles. The quantitative estimate of drug-likeness (QED) is 0.683. The van der Waals surface area contributed by atoms with Crippen molar-refractivity contribution in [2.24, 2.45) is 10.9 Å². The van der Waals surface area contributed by atoms with Gasteiger partial charge in [-0.15, -0.1) is 0 Å². The van der Waals surface area contributed by atoms with Gasteiger partial charge in [0, 0.05) is 16.6 Å². The fourth-order valence-electron chi connectivity index (χ4n) is 1.93. The van der Waals surface area contributed by atoms with Crippen molar-refractivity contribution in [2.75, 3.05) is 7.11 Å². The van der Waals surface area contributed by atoms with Gasteiger partial charge in [-0.2, -0.15) is 4.99 Å². The molecule has 6 heteroatoms. The highest BCUT2D eigenvalue weighted by molar-refractivity contribution is 9.10. The number of fused-ring (bicyclic) bond motifs is 1. The molecule has 0 unspecified atom stereocenters. The monoisotopic (exact) mass is 320 g/mol. The number of aliphatic imine (C=N–C) groups is 1. The van der Waals surface area contributed by atoms with E-state index in [2.05, 4.69) is 25.9 Å². The zero-order valence-electron chi connectivity index (χ0n) is 10.4. The van der Waals surface area contributed by atoms with Crippen LogP contribution in [-0.4, -0.2) is 28.2 Å². The lowest BCUT2D eigenvalue weighted by Crippen LogP contribution is -2.09. The van der Waals surface area contributed by atoms with E-state index in [0.29, 0.717) is 17.5 Å². The van der Waals surface area contributed by atoms with E-state index in [9.17, 15) is 0 Å². The maximum absolute atomic E-state index is 8.11. The lowest BCUT2D eigenvalue weighted by atomic mass is 10.4. The van der Waals surface area contributed by atoms with Crippen LogP contribution in [0.3, 0.4) is 0 Å². The first-order valence-corrected chi connectivity index (χ1v) is 6.82. The molecule has 98 valence electrons. The lowest BCUT2D eigenvalue weighted by molar-refractivity contribution is 0.387. The Morgan fingerprint density at radius 1 is 1.53 bits per heavy atom. The summed E-state index contributed by atoms with van der Waals surface area (Å²) in [6.07, 6.45) is 5.73. The molecule has 1 fully saturated rings. The number of imidazole rings is 1. The Morgan fingerprint density at radius 3 is 3.00 bits per heavy atom. The number of nitrogens with one attached hydrogen (secondary N) is 1. The van der Waals surface area contributed by atoms with Crippen LogP contribution in [0.25, 0.3) is 5.65 Å². The molecule has 3 rings (SSSR count). The van der Waals surface area contributed by atoms with Crippen molar-refractivity contribution in [1.82, 2.24) is 9.38 Å². The summed E-state index contributed by atoms with van der Waals surface area (Å²) in [4.78, 5) is 8.55. The van der Waals surface area contributed by atoms with E-state index in [-0.39, 0.29) is 5.84 Å². The summed E-state index contributed by atoms with van der Waals surface area (Å²) in [6, 6.07) is 3.81. The van der Waals surface area contributed by atoms with Crippen molar-refractivity contribution >= 4 is 33.3 Å². The first kappa shape index (κ1) is 12.3. The van der Waals surface area contributed by atoms with E-state index in [4.69, 9.17) is 10.1 Å². The molecule has 1 aliphatic rings. The smallest absolute Gasteiger partial charge is 0.192 e. The molecule has 1 N–H and O–H groups in total. The van der Waals surface area contributed by atoms with Crippen LogP contribution in [0, 0.1) is 11.3 Å². The number of halogens is 1. The Labute approximate surface area is 119 Å². The molecule has 0 aliphatic heterocycles. The summed E-state index contributed by atoms with van der Waals surface area (Å²) < 4.78 is 8.03. The van der Waals surface area contributed by atoms with Crippen LogP contribution in [0.4, 0.5) is 0 Å². The highest BCUT2D eigenvalue weighted by Crippen LogP contribution is 2.31. The molecule has 0 bridgehead atoms. The van der Waals surface area contributed by atoms with Crippen LogP contribution in [0.1, 0.15) is 18.5 Å². The predicted octanol–water partition coefficient (Wildman–Crippen LogP) is 2.88. The molecule has 0 radical (unpaired) electrons. The average Bonchev–Trinajstić information content (AvgIpc) is 3.15. The zero-order chi connectivity index (χ0) is 13.4. The van der Waals surface area contributed by atoms with Gasteiger partial charge in [0.15, 0.2) is 11.7 Å². The molecule has 0 spiro atoms. The van der Waals surface area contributed by atoms with Gasteiger partial charge in [-0.05, 0) is 40.9 Å². The molecule has 0 atom stereocenters. The number of amidine groups is 1. The van der Waals surface area contributed by atoms with Crippen LogP contribution < -0.4 is 0 Å². The fourth-order valence-corrected chi connectivity index (χ4v) is 2.27. The standard InChI is InChI=1S/C13H13BrN4O/c1-19-13(8-2-3-8)17-12(15)10-6-16-11-5-4-9(14)7-18(10)11/h4-8,15H,2-3H2,1H3.